The lowest BCUT2D eigenvalue weighted by Gasteiger charge is -2.07. The molecule has 98 valence electrons. The minimum absolute atomic E-state index is 0.0875. The van der Waals surface area contributed by atoms with Crippen molar-refractivity contribution in [1.82, 2.24) is 9.97 Å². The Kier molecular flexibility index (Phi) is 3.61. The van der Waals surface area contributed by atoms with E-state index in [1.165, 1.54) is 32.7 Å². The van der Waals surface area contributed by atoms with Gasteiger partial charge in [-0.2, -0.15) is 0 Å². The number of carboxylic acids is 1. The molecule has 2 rings (SSSR count). The Morgan fingerprint density at radius 3 is 2.47 bits per heavy atom. The van der Waals surface area contributed by atoms with E-state index in [0.29, 0.717) is 17.0 Å². The van der Waals surface area contributed by atoms with Gasteiger partial charge in [0.05, 0.1) is 31.7 Å². The van der Waals surface area contributed by atoms with Crippen LogP contribution in [0, 0.1) is 0 Å². The number of hydrogen-bond donors (Lipinski definition) is 1. The summed E-state index contributed by atoms with van der Waals surface area (Å²) in [6, 6.07) is 4.75. The maximum Gasteiger partial charge on any atom is 0.336 e. The second-order valence-electron chi connectivity index (χ2n) is 3.66. The Hall–Kier alpha value is -2.63. The van der Waals surface area contributed by atoms with Crippen LogP contribution in [0.2, 0.25) is 0 Å². The Morgan fingerprint density at radius 1 is 1.16 bits per heavy atom. The van der Waals surface area contributed by atoms with Gasteiger partial charge in [-0.05, 0) is 12.1 Å². The molecule has 0 aliphatic heterocycles. The van der Waals surface area contributed by atoms with Crippen molar-refractivity contribution < 1.29 is 19.4 Å². The van der Waals surface area contributed by atoms with Crippen LogP contribution in [0.15, 0.2) is 30.6 Å². The zero-order valence-electron chi connectivity index (χ0n) is 10.5. The monoisotopic (exact) mass is 260 g/mol. The first kappa shape index (κ1) is 12.8. The van der Waals surface area contributed by atoms with Gasteiger partial charge in [-0.1, -0.05) is 0 Å². The van der Waals surface area contributed by atoms with E-state index in [-0.39, 0.29) is 11.4 Å². The molecule has 0 saturated heterocycles. The highest BCUT2D eigenvalue weighted by molar-refractivity contribution is 5.95. The van der Waals surface area contributed by atoms with E-state index in [1.807, 2.05) is 0 Å². The molecule has 0 radical (unpaired) electrons. The van der Waals surface area contributed by atoms with E-state index >= 15 is 0 Å². The maximum atomic E-state index is 11.3. The van der Waals surface area contributed by atoms with Gasteiger partial charge in [0.25, 0.3) is 0 Å². The van der Waals surface area contributed by atoms with Crippen molar-refractivity contribution in [3.63, 3.8) is 0 Å². The standard InChI is InChI=1S/C13H12N2O4/c1-18-8-3-4-11(14-6-8)10-7-15-12(19-2)5-9(10)13(16)17/h3-7H,1-2H3,(H,16,17). The summed E-state index contributed by atoms with van der Waals surface area (Å²) in [6.07, 6.45) is 2.95. The highest BCUT2D eigenvalue weighted by Gasteiger charge is 2.15. The van der Waals surface area contributed by atoms with Crippen LogP contribution in [0.5, 0.6) is 11.6 Å². The number of rotatable bonds is 4. The van der Waals surface area contributed by atoms with E-state index < -0.39 is 5.97 Å². The third-order valence-corrected chi connectivity index (χ3v) is 2.57. The fourth-order valence-corrected chi connectivity index (χ4v) is 1.59. The van der Waals surface area contributed by atoms with Gasteiger partial charge in [0.15, 0.2) is 0 Å². The number of aromatic carboxylic acids is 1. The first-order valence-corrected chi connectivity index (χ1v) is 5.43. The van der Waals surface area contributed by atoms with Gasteiger partial charge in [0.1, 0.15) is 5.75 Å². The summed E-state index contributed by atoms with van der Waals surface area (Å²) in [4.78, 5) is 19.4. The summed E-state index contributed by atoms with van der Waals surface area (Å²) >= 11 is 0. The van der Waals surface area contributed by atoms with Crippen LogP contribution < -0.4 is 9.47 Å². The summed E-state index contributed by atoms with van der Waals surface area (Å²) in [5, 5.41) is 9.21. The second-order valence-corrected chi connectivity index (χ2v) is 3.66. The first-order chi connectivity index (χ1) is 9.15. The molecule has 0 saturated carbocycles. The Morgan fingerprint density at radius 2 is 1.95 bits per heavy atom. The number of carboxylic acid groups (broad SMARTS) is 1. The molecule has 0 aromatic carbocycles. The molecular weight excluding hydrogens is 248 g/mol. The SMILES string of the molecule is COc1ccc(-c2cnc(OC)cc2C(=O)O)nc1. The smallest absolute Gasteiger partial charge is 0.336 e. The van der Waals surface area contributed by atoms with Crippen LogP contribution in [0.1, 0.15) is 10.4 Å². The van der Waals surface area contributed by atoms with Gasteiger partial charge in [0, 0.05) is 17.8 Å². The molecular formula is C13H12N2O4. The van der Waals surface area contributed by atoms with Crippen molar-refractivity contribution in [3.05, 3.63) is 36.2 Å². The Balaban J connectivity index is 2.50. The molecule has 2 aromatic rings. The number of carbonyl (C=O) groups is 1. The molecule has 6 heteroatoms. The molecule has 0 spiro atoms. The fourth-order valence-electron chi connectivity index (χ4n) is 1.59. The number of nitrogens with zero attached hydrogens (tertiary/aromatic N) is 2. The summed E-state index contributed by atoms with van der Waals surface area (Å²) in [7, 11) is 2.97. The third kappa shape index (κ3) is 2.62. The van der Waals surface area contributed by atoms with Crippen molar-refractivity contribution in [2.75, 3.05) is 14.2 Å². The van der Waals surface area contributed by atoms with Crippen LogP contribution in [-0.4, -0.2) is 35.3 Å². The number of aromatic nitrogens is 2. The average Bonchev–Trinajstić information content (AvgIpc) is 2.46. The topological polar surface area (TPSA) is 81.5 Å². The van der Waals surface area contributed by atoms with Crippen LogP contribution in [0.4, 0.5) is 0 Å². The number of hydrogen-bond acceptors (Lipinski definition) is 5. The quantitative estimate of drug-likeness (QED) is 0.903. The normalized spacial score (nSPS) is 10.0. The fraction of sp³-hybridized carbons (Fsp3) is 0.154. The van der Waals surface area contributed by atoms with Gasteiger partial charge < -0.3 is 14.6 Å². The van der Waals surface area contributed by atoms with Crippen LogP contribution >= 0.6 is 0 Å². The van der Waals surface area contributed by atoms with Crippen molar-refractivity contribution >= 4 is 5.97 Å². The Bertz CT molecular complexity index is 596. The van der Waals surface area contributed by atoms with E-state index in [4.69, 9.17) is 9.47 Å². The lowest BCUT2D eigenvalue weighted by Crippen LogP contribution is -2.02. The van der Waals surface area contributed by atoms with Crippen molar-refractivity contribution in [3.8, 4) is 22.9 Å². The largest absolute Gasteiger partial charge is 0.495 e. The Labute approximate surface area is 109 Å². The van der Waals surface area contributed by atoms with Gasteiger partial charge in [0.2, 0.25) is 5.88 Å². The summed E-state index contributed by atoms with van der Waals surface area (Å²) in [5.74, 6) is -0.218. The molecule has 0 bridgehead atoms. The van der Waals surface area contributed by atoms with Crippen LogP contribution in [-0.2, 0) is 0 Å². The predicted molar refractivity (Wildman–Crippen MR) is 67.5 cm³/mol. The molecule has 0 amide bonds. The molecule has 0 aliphatic rings. The average molecular weight is 260 g/mol. The lowest BCUT2D eigenvalue weighted by atomic mass is 10.1. The van der Waals surface area contributed by atoms with E-state index in [1.54, 1.807) is 12.1 Å². The van der Waals surface area contributed by atoms with Gasteiger partial charge in [-0.3, -0.25) is 4.98 Å². The van der Waals surface area contributed by atoms with Crippen molar-refractivity contribution in [2.24, 2.45) is 0 Å². The summed E-state index contributed by atoms with van der Waals surface area (Å²) < 4.78 is 9.92. The van der Waals surface area contributed by atoms with Crippen molar-refractivity contribution in [2.45, 2.75) is 0 Å². The van der Waals surface area contributed by atoms with Gasteiger partial charge in [-0.25, -0.2) is 9.78 Å². The summed E-state index contributed by atoms with van der Waals surface area (Å²) in [6.45, 7) is 0. The molecule has 2 heterocycles. The predicted octanol–water partition coefficient (Wildman–Crippen LogP) is 1.86. The third-order valence-electron chi connectivity index (χ3n) is 2.57. The van der Waals surface area contributed by atoms with Crippen LogP contribution in [0.3, 0.4) is 0 Å². The number of ether oxygens (including phenoxy) is 2. The summed E-state index contributed by atoms with van der Waals surface area (Å²) in [5.41, 5.74) is 1.02. The van der Waals surface area contributed by atoms with Crippen LogP contribution in [0.25, 0.3) is 11.3 Å². The van der Waals surface area contributed by atoms with E-state index in [9.17, 15) is 9.90 Å². The molecule has 1 N–H and O–H groups in total. The molecule has 0 unspecified atom stereocenters. The molecule has 0 aliphatic carbocycles. The van der Waals surface area contributed by atoms with Crippen molar-refractivity contribution in [1.29, 1.82) is 0 Å². The first-order valence-electron chi connectivity index (χ1n) is 5.43. The van der Waals surface area contributed by atoms with E-state index in [0.717, 1.165) is 0 Å². The zero-order valence-corrected chi connectivity index (χ0v) is 10.5. The highest BCUT2D eigenvalue weighted by Crippen LogP contribution is 2.25. The lowest BCUT2D eigenvalue weighted by molar-refractivity contribution is 0.0697. The second kappa shape index (κ2) is 5.34. The number of methoxy groups -OCH3 is 2. The van der Waals surface area contributed by atoms with E-state index in [2.05, 4.69) is 9.97 Å². The van der Waals surface area contributed by atoms with Gasteiger partial charge >= 0.3 is 5.97 Å². The molecule has 2 aromatic heterocycles. The number of pyridine rings is 2. The minimum atomic E-state index is -1.06. The maximum absolute atomic E-state index is 11.3. The highest BCUT2D eigenvalue weighted by atomic mass is 16.5. The zero-order chi connectivity index (χ0) is 13.8. The molecule has 19 heavy (non-hydrogen) atoms. The minimum Gasteiger partial charge on any atom is -0.495 e. The molecule has 0 atom stereocenters. The van der Waals surface area contributed by atoms with Gasteiger partial charge in [-0.15, -0.1) is 0 Å². The molecule has 6 nitrogen and oxygen atoms in total. The molecule has 0 fully saturated rings.